The Balaban J connectivity index is 1.72. The maximum atomic E-state index is 12.5. The summed E-state index contributed by atoms with van der Waals surface area (Å²) in [7, 11) is 1.87. The predicted molar refractivity (Wildman–Crippen MR) is 96.3 cm³/mol. The van der Waals surface area contributed by atoms with E-state index >= 15 is 0 Å². The molecule has 1 atom stereocenters. The number of aromatic nitrogens is 3. The fourth-order valence-corrected chi connectivity index (χ4v) is 4.50. The predicted octanol–water partition coefficient (Wildman–Crippen LogP) is 3.77. The minimum Gasteiger partial charge on any atom is -0.322 e. The summed E-state index contributed by atoms with van der Waals surface area (Å²) in [5.41, 5.74) is 3.56. The van der Waals surface area contributed by atoms with Gasteiger partial charge in [0.2, 0.25) is 5.91 Å². The number of carbonyl (C=O) groups excluding carboxylic acids is 1. The monoisotopic (exact) mass is 346 g/mol. The lowest BCUT2D eigenvalue weighted by Gasteiger charge is -2.10. The third-order valence-corrected chi connectivity index (χ3v) is 5.91. The molecule has 3 rings (SSSR count). The molecule has 1 N–H and O–H groups in total. The molecular weight excluding hydrogens is 328 g/mol. The largest absolute Gasteiger partial charge is 0.322 e. The van der Waals surface area contributed by atoms with Gasteiger partial charge in [-0.1, -0.05) is 23.9 Å². The molecule has 5 nitrogen and oxygen atoms in total. The SMILES string of the molecule is Cc1nn(C)c(C)c1NC(=O)C(C)Sc1nc2ccccc2s1. The number of hydrogen-bond donors (Lipinski definition) is 1. The van der Waals surface area contributed by atoms with Gasteiger partial charge < -0.3 is 5.32 Å². The molecule has 1 unspecified atom stereocenters. The van der Waals surface area contributed by atoms with Crippen molar-refractivity contribution < 1.29 is 4.79 Å². The second-order valence-corrected chi connectivity index (χ2v) is 7.98. The summed E-state index contributed by atoms with van der Waals surface area (Å²) in [4.78, 5) is 17.0. The van der Waals surface area contributed by atoms with E-state index in [4.69, 9.17) is 0 Å². The molecule has 2 heterocycles. The number of aryl methyl sites for hydroxylation is 2. The number of nitrogens with one attached hydrogen (secondary N) is 1. The van der Waals surface area contributed by atoms with E-state index in [9.17, 15) is 4.79 Å². The Morgan fingerprint density at radius 1 is 1.35 bits per heavy atom. The number of rotatable bonds is 4. The molecule has 0 spiro atoms. The van der Waals surface area contributed by atoms with Crippen molar-refractivity contribution in [3.05, 3.63) is 35.7 Å². The van der Waals surface area contributed by atoms with Gasteiger partial charge in [0.1, 0.15) is 0 Å². The van der Waals surface area contributed by atoms with Crippen LogP contribution in [0.5, 0.6) is 0 Å². The summed E-state index contributed by atoms with van der Waals surface area (Å²) in [6, 6.07) is 8.01. The molecule has 0 bridgehead atoms. The summed E-state index contributed by atoms with van der Waals surface area (Å²) < 4.78 is 3.83. The number of benzene rings is 1. The van der Waals surface area contributed by atoms with Crippen molar-refractivity contribution in [1.29, 1.82) is 0 Å². The van der Waals surface area contributed by atoms with Gasteiger partial charge in [-0.15, -0.1) is 11.3 Å². The second kappa shape index (κ2) is 6.33. The normalized spacial score (nSPS) is 12.5. The third kappa shape index (κ3) is 3.25. The number of hydrogen-bond acceptors (Lipinski definition) is 5. The first-order chi connectivity index (χ1) is 11.0. The molecule has 0 radical (unpaired) electrons. The first kappa shape index (κ1) is 16.0. The summed E-state index contributed by atoms with van der Waals surface area (Å²) in [6.45, 7) is 5.74. The number of thioether (sulfide) groups is 1. The van der Waals surface area contributed by atoms with Crippen molar-refractivity contribution in [2.75, 3.05) is 5.32 Å². The fourth-order valence-electron chi connectivity index (χ4n) is 2.29. The molecule has 120 valence electrons. The fraction of sp³-hybridized carbons (Fsp3) is 0.312. The van der Waals surface area contributed by atoms with Gasteiger partial charge in [0.25, 0.3) is 0 Å². The summed E-state index contributed by atoms with van der Waals surface area (Å²) in [5, 5.41) is 7.08. The molecule has 0 aliphatic rings. The second-order valence-electron chi connectivity index (χ2n) is 5.37. The van der Waals surface area contributed by atoms with Gasteiger partial charge in [-0.2, -0.15) is 5.10 Å². The maximum absolute atomic E-state index is 12.5. The van der Waals surface area contributed by atoms with E-state index in [0.29, 0.717) is 0 Å². The minimum atomic E-state index is -0.227. The topological polar surface area (TPSA) is 59.8 Å². The molecule has 0 saturated heterocycles. The van der Waals surface area contributed by atoms with Gasteiger partial charge in [0.05, 0.1) is 32.5 Å². The van der Waals surface area contributed by atoms with Crippen LogP contribution in [0.4, 0.5) is 5.69 Å². The van der Waals surface area contributed by atoms with Crippen LogP contribution in [0.25, 0.3) is 10.2 Å². The number of anilines is 1. The highest BCUT2D eigenvalue weighted by Gasteiger charge is 2.20. The zero-order chi connectivity index (χ0) is 16.6. The summed E-state index contributed by atoms with van der Waals surface area (Å²) in [6.07, 6.45) is 0. The Hall–Kier alpha value is -1.86. The Kier molecular flexibility index (Phi) is 4.41. The van der Waals surface area contributed by atoms with Crippen LogP contribution in [0.15, 0.2) is 28.6 Å². The van der Waals surface area contributed by atoms with E-state index in [0.717, 1.165) is 31.6 Å². The first-order valence-corrected chi connectivity index (χ1v) is 8.98. The van der Waals surface area contributed by atoms with Crippen LogP contribution in [0.3, 0.4) is 0 Å². The highest BCUT2D eigenvalue weighted by atomic mass is 32.2. The minimum absolute atomic E-state index is 0.0338. The number of fused-ring (bicyclic) bond motifs is 1. The smallest absolute Gasteiger partial charge is 0.237 e. The standard InChI is InChI=1S/C16H18N4OS2/c1-9-14(10(2)20(4)19-9)18-15(21)11(3)22-16-17-12-7-5-6-8-13(12)23-16/h5-8,11H,1-4H3,(H,18,21). The number of para-hydroxylation sites is 1. The van der Waals surface area contributed by atoms with Crippen LogP contribution in [0, 0.1) is 13.8 Å². The average molecular weight is 346 g/mol. The van der Waals surface area contributed by atoms with Crippen LogP contribution in [0.1, 0.15) is 18.3 Å². The Morgan fingerprint density at radius 3 is 2.74 bits per heavy atom. The lowest BCUT2D eigenvalue weighted by Crippen LogP contribution is -2.23. The van der Waals surface area contributed by atoms with Crippen molar-refractivity contribution in [2.24, 2.45) is 7.05 Å². The van der Waals surface area contributed by atoms with E-state index in [1.807, 2.05) is 52.1 Å². The molecule has 1 amide bonds. The number of amides is 1. The van der Waals surface area contributed by atoms with Crippen molar-refractivity contribution in [3.63, 3.8) is 0 Å². The zero-order valence-electron chi connectivity index (χ0n) is 13.5. The van der Waals surface area contributed by atoms with Gasteiger partial charge in [0, 0.05) is 7.05 Å². The van der Waals surface area contributed by atoms with Gasteiger partial charge >= 0.3 is 0 Å². The van der Waals surface area contributed by atoms with Crippen molar-refractivity contribution >= 4 is 44.9 Å². The Bertz CT molecular complexity index is 835. The zero-order valence-corrected chi connectivity index (χ0v) is 15.1. The summed E-state index contributed by atoms with van der Waals surface area (Å²) in [5.74, 6) is -0.0338. The Morgan fingerprint density at radius 2 is 2.09 bits per heavy atom. The van der Waals surface area contributed by atoms with E-state index in [-0.39, 0.29) is 11.2 Å². The van der Waals surface area contributed by atoms with Crippen molar-refractivity contribution in [2.45, 2.75) is 30.4 Å². The maximum Gasteiger partial charge on any atom is 0.237 e. The summed E-state index contributed by atoms with van der Waals surface area (Å²) >= 11 is 3.10. The third-order valence-electron chi connectivity index (χ3n) is 3.68. The number of thiazole rings is 1. The molecule has 0 saturated carbocycles. The molecule has 2 aromatic heterocycles. The van der Waals surface area contributed by atoms with E-state index in [1.54, 1.807) is 16.0 Å². The molecule has 0 aliphatic heterocycles. The van der Waals surface area contributed by atoms with Crippen LogP contribution < -0.4 is 5.32 Å². The lowest BCUT2D eigenvalue weighted by molar-refractivity contribution is -0.115. The molecule has 0 fully saturated rings. The van der Waals surface area contributed by atoms with E-state index < -0.39 is 0 Å². The highest BCUT2D eigenvalue weighted by molar-refractivity contribution is 8.02. The number of carbonyl (C=O) groups is 1. The molecule has 1 aromatic carbocycles. The molecular formula is C16H18N4OS2. The molecule has 23 heavy (non-hydrogen) atoms. The van der Waals surface area contributed by atoms with Gasteiger partial charge in [-0.05, 0) is 32.9 Å². The van der Waals surface area contributed by atoms with Crippen LogP contribution in [-0.2, 0) is 11.8 Å². The van der Waals surface area contributed by atoms with Gasteiger partial charge in [-0.25, -0.2) is 4.98 Å². The number of nitrogens with zero attached hydrogens (tertiary/aromatic N) is 3. The van der Waals surface area contributed by atoms with Crippen molar-refractivity contribution in [1.82, 2.24) is 14.8 Å². The van der Waals surface area contributed by atoms with Crippen LogP contribution in [-0.4, -0.2) is 25.9 Å². The average Bonchev–Trinajstić information content (AvgIpc) is 3.02. The van der Waals surface area contributed by atoms with Gasteiger partial charge in [-0.3, -0.25) is 9.48 Å². The van der Waals surface area contributed by atoms with E-state index in [2.05, 4.69) is 15.4 Å². The van der Waals surface area contributed by atoms with Crippen LogP contribution >= 0.6 is 23.1 Å². The molecule has 7 heteroatoms. The van der Waals surface area contributed by atoms with Crippen molar-refractivity contribution in [3.8, 4) is 0 Å². The van der Waals surface area contributed by atoms with Crippen LogP contribution in [0.2, 0.25) is 0 Å². The highest BCUT2D eigenvalue weighted by Crippen LogP contribution is 2.32. The lowest BCUT2D eigenvalue weighted by atomic mass is 10.3. The molecule has 3 aromatic rings. The quantitative estimate of drug-likeness (QED) is 0.731. The van der Waals surface area contributed by atoms with E-state index in [1.165, 1.54) is 11.8 Å². The van der Waals surface area contributed by atoms with Gasteiger partial charge in [0.15, 0.2) is 4.34 Å². The molecule has 0 aliphatic carbocycles. The first-order valence-electron chi connectivity index (χ1n) is 7.29. The Labute approximate surface area is 143 Å².